The zero-order valence-electron chi connectivity index (χ0n) is 10.5. The van der Waals surface area contributed by atoms with E-state index in [1.54, 1.807) is 24.3 Å². The van der Waals surface area contributed by atoms with E-state index in [9.17, 15) is 4.79 Å². The molecule has 0 atom stereocenters. The lowest BCUT2D eigenvalue weighted by Crippen LogP contribution is -1.94. The summed E-state index contributed by atoms with van der Waals surface area (Å²) in [5, 5.41) is 17.8. The van der Waals surface area contributed by atoms with Gasteiger partial charge in [0.15, 0.2) is 5.58 Å². The molecule has 0 aliphatic carbocycles. The minimum absolute atomic E-state index is 0.197. The van der Waals surface area contributed by atoms with Gasteiger partial charge in [-0.15, -0.1) is 0 Å². The SMILES string of the molecule is N#Cc1cc(Br)c2oc(-c3ccc(C(=O)O)cc3)nc2c1. The molecule has 3 aromatic rings. The number of benzene rings is 2. The molecule has 1 heterocycles. The van der Waals surface area contributed by atoms with Crippen molar-refractivity contribution in [3.8, 4) is 17.5 Å². The summed E-state index contributed by atoms with van der Waals surface area (Å²) in [5.74, 6) is -0.613. The van der Waals surface area contributed by atoms with Crippen LogP contribution in [0.25, 0.3) is 22.6 Å². The number of hydrogen-bond donors (Lipinski definition) is 1. The molecule has 6 heteroatoms. The van der Waals surface area contributed by atoms with Gasteiger partial charge in [0.05, 0.1) is 21.7 Å². The van der Waals surface area contributed by atoms with Crippen LogP contribution < -0.4 is 0 Å². The molecule has 2 aromatic carbocycles. The maximum Gasteiger partial charge on any atom is 0.335 e. The highest BCUT2D eigenvalue weighted by atomic mass is 79.9. The number of rotatable bonds is 2. The van der Waals surface area contributed by atoms with Gasteiger partial charge in [-0.2, -0.15) is 5.26 Å². The molecule has 0 saturated carbocycles. The molecule has 102 valence electrons. The van der Waals surface area contributed by atoms with Crippen LogP contribution in [0.4, 0.5) is 0 Å². The second-order valence-corrected chi connectivity index (χ2v) is 5.17. The van der Waals surface area contributed by atoms with Crippen molar-refractivity contribution in [1.82, 2.24) is 4.98 Å². The van der Waals surface area contributed by atoms with Crippen molar-refractivity contribution in [3.05, 3.63) is 52.0 Å². The molecule has 1 aromatic heterocycles. The highest BCUT2D eigenvalue weighted by Crippen LogP contribution is 2.30. The van der Waals surface area contributed by atoms with Gasteiger partial charge in [-0.1, -0.05) is 0 Å². The Labute approximate surface area is 127 Å². The third-order valence-corrected chi connectivity index (χ3v) is 3.54. The molecule has 3 rings (SSSR count). The lowest BCUT2D eigenvalue weighted by atomic mass is 10.1. The first-order valence-corrected chi connectivity index (χ1v) is 6.71. The van der Waals surface area contributed by atoms with Gasteiger partial charge in [0.25, 0.3) is 0 Å². The highest BCUT2D eigenvalue weighted by molar-refractivity contribution is 9.10. The van der Waals surface area contributed by atoms with Crippen molar-refractivity contribution in [2.45, 2.75) is 0 Å². The molecule has 0 unspecified atom stereocenters. The monoisotopic (exact) mass is 342 g/mol. The predicted octanol–water partition coefficient (Wildman–Crippen LogP) is 3.83. The van der Waals surface area contributed by atoms with Crippen molar-refractivity contribution in [2.75, 3.05) is 0 Å². The number of hydrogen-bond acceptors (Lipinski definition) is 4. The zero-order chi connectivity index (χ0) is 15.0. The summed E-state index contributed by atoms with van der Waals surface area (Å²) in [6.07, 6.45) is 0. The van der Waals surface area contributed by atoms with Crippen LogP contribution in [-0.4, -0.2) is 16.1 Å². The Morgan fingerprint density at radius 2 is 2.00 bits per heavy atom. The van der Waals surface area contributed by atoms with Crippen LogP contribution in [0.1, 0.15) is 15.9 Å². The van der Waals surface area contributed by atoms with Gasteiger partial charge < -0.3 is 9.52 Å². The van der Waals surface area contributed by atoms with Gasteiger partial charge in [0.2, 0.25) is 5.89 Å². The number of aromatic carboxylic acids is 1. The summed E-state index contributed by atoms with van der Waals surface area (Å²) in [6.45, 7) is 0. The lowest BCUT2D eigenvalue weighted by Gasteiger charge is -1.96. The number of nitriles is 1. The number of oxazole rings is 1. The van der Waals surface area contributed by atoms with Gasteiger partial charge in [-0.3, -0.25) is 0 Å². The van der Waals surface area contributed by atoms with Crippen molar-refractivity contribution in [3.63, 3.8) is 0 Å². The van der Waals surface area contributed by atoms with Crippen LogP contribution in [0.3, 0.4) is 0 Å². The Morgan fingerprint density at radius 1 is 1.29 bits per heavy atom. The standard InChI is InChI=1S/C15H7BrN2O3/c16-11-5-8(7-17)6-12-13(11)21-14(18-12)9-1-3-10(4-2-9)15(19)20/h1-6H,(H,19,20). The van der Waals surface area contributed by atoms with E-state index in [-0.39, 0.29) is 5.56 Å². The van der Waals surface area contributed by atoms with Crippen LogP contribution in [-0.2, 0) is 0 Å². The average Bonchev–Trinajstić information content (AvgIpc) is 2.91. The molecule has 0 amide bonds. The quantitative estimate of drug-likeness (QED) is 0.764. The van der Waals surface area contributed by atoms with Gasteiger partial charge in [-0.25, -0.2) is 9.78 Å². The summed E-state index contributed by atoms with van der Waals surface area (Å²) in [6, 6.07) is 11.6. The molecule has 0 spiro atoms. The maximum absolute atomic E-state index is 10.8. The molecule has 0 bridgehead atoms. The topological polar surface area (TPSA) is 87.1 Å². The molecule has 5 nitrogen and oxygen atoms in total. The molecule has 21 heavy (non-hydrogen) atoms. The molecule has 0 radical (unpaired) electrons. The summed E-state index contributed by atoms with van der Waals surface area (Å²) in [5.41, 5.74) is 2.46. The van der Waals surface area contributed by atoms with Gasteiger partial charge in [-0.05, 0) is 52.3 Å². The molecular weight excluding hydrogens is 336 g/mol. The van der Waals surface area contributed by atoms with E-state index in [4.69, 9.17) is 14.8 Å². The van der Waals surface area contributed by atoms with Crippen molar-refractivity contribution in [2.24, 2.45) is 0 Å². The van der Waals surface area contributed by atoms with E-state index < -0.39 is 5.97 Å². The lowest BCUT2D eigenvalue weighted by molar-refractivity contribution is 0.0697. The molecule has 0 aliphatic heterocycles. The predicted molar refractivity (Wildman–Crippen MR) is 78.8 cm³/mol. The Bertz CT molecular complexity index is 892. The van der Waals surface area contributed by atoms with Crippen molar-refractivity contribution in [1.29, 1.82) is 5.26 Å². The van der Waals surface area contributed by atoms with Gasteiger partial charge >= 0.3 is 5.97 Å². The molecule has 0 saturated heterocycles. The van der Waals surface area contributed by atoms with E-state index in [1.165, 1.54) is 12.1 Å². The number of carbonyl (C=O) groups is 1. The first-order chi connectivity index (χ1) is 10.1. The number of aromatic nitrogens is 1. The van der Waals surface area contributed by atoms with E-state index in [0.717, 1.165) is 0 Å². The zero-order valence-corrected chi connectivity index (χ0v) is 12.1. The van der Waals surface area contributed by atoms with E-state index in [2.05, 4.69) is 27.0 Å². The van der Waals surface area contributed by atoms with E-state index >= 15 is 0 Å². The third kappa shape index (κ3) is 2.39. The van der Waals surface area contributed by atoms with Gasteiger partial charge in [0.1, 0.15) is 5.52 Å². The number of fused-ring (bicyclic) bond motifs is 1. The Morgan fingerprint density at radius 3 is 2.62 bits per heavy atom. The fourth-order valence-electron chi connectivity index (χ4n) is 1.94. The minimum Gasteiger partial charge on any atom is -0.478 e. The van der Waals surface area contributed by atoms with Crippen molar-refractivity contribution >= 4 is 33.0 Å². The first kappa shape index (κ1) is 13.3. The summed E-state index contributed by atoms with van der Waals surface area (Å²) in [4.78, 5) is 15.2. The number of nitrogens with zero attached hydrogens (tertiary/aromatic N) is 2. The van der Waals surface area contributed by atoms with Crippen molar-refractivity contribution < 1.29 is 14.3 Å². The number of carboxylic acids is 1. The first-order valence-electron chi connectivity index (χ1n) is 5.92. The molecular formula is C15H7BrN2O3. The molecule has 0 aliphatic rings. The number of carboxylic acid groups (broad SMARTS) is 1. The van der Waals surface area contributed by atoms with Gasteiger partial charge in [0, 0.05) is 5.56 Å². The summed E-state index contributed by atoms with van der Waals surface area (Å²) >= 11 is 3.34. The highest BCUT2D eigenvalue weighted by Gasteiger charge is 2.13. The fraction of sp³-hybridized carbons (Fsp3) is 0. The van der Waals surface area contributed by atoms with E-state index in [1.807, 2.05) is 0 Å². The minimum atomic E-state index is -0.986. The Kier molecular flexibility index (Phi) is 3.20. The van der Waals surface area contributed by atoms with Crippen LogP contribution in [0.5, 0.6) is 0 Å². The largest absolute Gasteiger partial charge is 0.478 e. The fourth-order valence-corrected chi connectivity index (χ4v) is 2.47. The smallest absolute Gasteiger partial charge is 0.335 e. The third-order valence-electron chi connectivity index (χ3n) is 2.95. The van der Waals surface area contributed by atoms with Crippen LogP contribution in [0.2, 0.25) is 0 Å². The Hall–Kier alpha value is -2.65. The van der Waals surface area contributed by atoms with Crippen LogP contribution in [0.15, 0.2) is 45.3 Å². The maximum atomic E-state index is 10.8. The van der Waals surface area contributed by atoms with E-state index in [0.29, 0.717) is 32.6 Å². The molecule has 0 fully saturated rings. The number of halogens is 1. The average molecular weight is 343 g/mol. The molecule has 1 N–H and O–H groups in total. The van der Waals surface area contributed by atoms with Crippen LogP contribution in [0, 0.1) is 11.3 Å². The second kappa shape index (κ2) is 5.04. The Balaban J connectivity index is 2.11. The normalized spacial score (nSPS) is 10.5. The second-order valence-electron chi connectivity index (χ2n) is 4.32. The summed E-state index contributed by atoms with van der Waals surface area (Å²) < 4.78 is 6.32. The van der Waals surface area contributed by atoms with Crippen LogP contribution >= 0.6 is 15.9 Å². The summed E-state index contributed by atoms with van der Waals surface area (Å²) in [7, 11) is 0.